The Kier molecular flexibility index (Phi) is 7.74. The van der Waals surface area contributed by atoms with Crippen molar-refractivity contribution >= 4 is 11.9 Å². The number of carbonyl (C=O) groups excluding carboxylic acids is 2. The van der Waals surface area contributed by atoms with Crippen molar-refractivity contribution in [2.45, 2.75) is 65.8 Å². The van der Waals surface area contributed by atoms with Crippen LogP contribution in [0.15, 0.2) is 24.5 Å². The summed E-state index contributed by atoms with van der Waals surface area (Å²) in [4.78, 5) is 34.2. The molecule has 0 radical (unpaired) electrons. The van der Waals surface area contributed by atoms with Gasteiger partial charge in [-0.2, -0.15) is 0 Å². The number of amides is 3. The van der Waals surface area contributed by atoms with Crippen molar-refractivity contribution in [1.29, 1.82) is 0 Å². The molecule has 194 valence electrons. The van der Waals surface area contributed by atoms with Gasteiger partial charge in [-0.1, -0.05) is 34.1 Å². The van der Waals surface area contributed by atoms with E-state index in [1.807, 2.05) is 4.90 Å². The van der Waals surface area contributed by atoms with Gasteiger partial charge in [0.15, 0.2) is 0 Å². The fourth-order valence-corrected chi connectivity index (χ4v) is 7.53. The molecule has 1 aliphatic heterocycles. The molecule has 2 N–H and O–H groups in total. The van der Waals surface area contributed by atoms with E-state index in [1.165, 1.54) is 19.3 Å². The highest BCUT2D eigenvalue weighted by Crippen LogP contribution is 2.61. The number of likely N-dealkylation sites (N-methyl/N-ethyl adjacent to an activating group) is 1. The maximum absolute atomic E-state index is 13.2. The third-order valence-corrected chi connectivity index (χ3v) is 9.65. The number of hydrogen-bond acceptors (Lipinski definition) is 4. The molecule has 7 heteroatoms. The lowest BCUT2D eigenvalue weighted by Gasteiger charge is -2.61. The quantitative estimate of drug-likeness (QED) is 0.663. The molecular weight excluding hydrogens is 438 g/mol. The Morgan fingerprint density at radius 3 is 2.57 bits per heavy atom. The number of carbonyl (C=O) groups is 2. The zero-order valence-corrected chi connectivity index (χ0v) is 22.3. The summed E-state index contributed by atoms with van der Waals surface area (Å²) in [6, 6.07) is 3.85. The molecule has 1 saturated heterocycles. The number of fused-ring (bicyclic) bond motifs is 1. The molecule has 2 aliphatic carbocycles. The van der Waals surface area contributed by atoms with Crippen molar-refractivity contribution in [2.24, 2.45) is 28.6 Å². The van der Waals surface area contributed by atoms with E-state index in [0.717, 1.165) is 39.0 Å². The minimum absolute atomic E-state index is 0.0628. The SMILES string of the molecule is C[C@H]1[C@H](NC(=O)N2CCN(C)CC2)CC2C(C)(C)CCC[C@]2(C)[C@H]1CCNC(=O)c1cccnc1. The molecule has 1 unspecified atom stereocenters. The van der Waals surface area contributed by atoms with E-state index < -0.39 is 0 Å². The van der Waals surface area contributed by atoms with Crippen molar-refractivity contribution in [3.63, 3.8) is 0 Å². The lowest BCUT2D eigenvalue weighted by Crippen LogP contribution is -2.61. The van der Waals surface area contributed by atoms with Gasteiger partial charge in [-0.25, -0.2) is 4.79 Å². The van der Waals surface area contributed by atoms with E-state index in [0.29, 0.717) is 29.9 Å². The Morgan fingerprint density at radius 1 is 1.14 bits per heavy atom. The van der Waals surface area contributed by atoms with Crippen molar-refractivity contribution in [1.82, 2.24) is 25.4 Å². The first kappa shape index (κ1) is 25.9. The number of nitrogens with one attached hydrogen (secondary N) is 2. The summed E-state index contributed by atoms with van der Waals surface area (Å²) < 4.78 is 0. The summed E-state index contributed by atoms with van der Waals surface area (Å²) in [5.74, 6) is 1.29. The summed E-state index contributed by atoms with van der Waals surface area (Å²) in [5, 5.41) is 6.60. The summed E-state index contributed by atoms with van der Waals surface area (Å²) in [6.45, 7) is 13.7. The number of pyridine rings is 1. The van der Waals surface area contributed by atoms with E-state index in [2.05, 4.69) is 55.3 Å². The first-order chi connectivity index (χ1) is 16.6. The first-order valence-corrected chi connectivity index (χ1v) is 13.5. The predicted octanol–water partition coefficient (Wildman–Crippen LogP) is 4.02. The average Bonchev–Trinajstić information content (AvgIpc) is 2.83. The van der Waals surface area contributed by atoms with Crippen LogP contribution in [0.5, 0.6) is 0 Å². The fourth-order valence-electron chi connectivity index (χ4n) is 7.53. The van der Waals surface area contributed by atoms with Crippen molar-refractivity contribution in [3.8, 4) is 0 Å². The van der Waals surface area contributed by atoms with Gasteiger partial charge in [0.1, 0.15) is 0 Å². The second-order valence-electron chi connectivity index (χ2n) is 12.2. The molecule has 3 amide bonds. The van der Waals surface area contributed by atoms with Gasteiger partial charge in [-0.3, -0.25) is 9.78 Å². The molecule has 2 heterocycles. The molecular formula is C28H45N5O2. The Balaban J connectivity index is 1.47. The normalized spacial score (nSPS) is 33.0. The number of rotatable bonds is 5. The number of urea groups is 1. The molecule has 3 aliphatic rings. The van der Waals surface area contributed by atoms with Gasteiger partial charge in [0, 0.05) is 51.2 Å². The lowest BCUT2D eigenvalue weighted by atomic mass is 9.45. The van der Waals surface area contributed by atoms with Crippen LogP contribution >= 0.6 is 0 Å². The van der Waals surface area contributed by atoms with E-state index in [-0.39, 0.29) is 28.8 Å². The summed E-state index contributed by atoms with van der Waals surface area (Å²) >= 11 is 0. The molecule has 0 aromatic carbocycles. The largest absolute Gasteiger partial charge is 0.352 e. The summed E-state index contributed by atoms with van der Waals surface area (Å²) in [6.07, 6.45) is 8.99. The van der Waals surface area contributed by atoms with Gasteiger partial charge in [-0.15, -0.1) is 0 Å². The van der Waals surface area contributed by atoms with Crippen molar-refractivity contribution < 1.29 is 9.59 Å². The number of nitrogens with zero attached hydrogens (tertiary/aromatic N) is 3. The van der Waals surface area contributed by atoms with Crippen LogP contribution in [0.25, 0.3) is 0 Å². The van der Waals surface area contributed by atoms with Crippen LogP contribution in [0.2, 0.25) is 0 Å². The van der Waals surface area contributed by atoms with Crippen molar-refractivity contribution in [3.05, 3.63) is 30.1 Å². The number of hydrogen-bond donors (Lipinski definition) is 2. The highest BCUT2D eigenvalue weighted by Gasteiger charge is 2.56. The molecule has 1 aromatic rings. The lowest BCUT2D eigenvalue weighted by molar-refractivity contribution is -0.106. The maximum Gasteiger partial charge on any atom is 0.317 e. The number of piperazine rings is 1. The standard InChI is InChI=1S/C28H45N5O2/c1-20-22(9-13-30-25(34)21-8-6-12-29-19-21)28(4)11-7-10-27(2,3)24(28)18-23(20)31-26(35)33-16-14-32(5)15-17-33/h6,8,12,19-20,22-24H,7,9-11,13-18H2,1-5H3,(H,30,34)(H,31,35)/t20-,22+,23-,24?,28-/m1/s1. The van der Waals surface area contributed by atoms with Gasteiger partial charge in [-0.05, 0) is 73.4 Å². The average molecular weight is 484 g/mol. The molecule has 5 atom stereocenters. The van der Waals surface area contributed by atoms with Gasteiger partial charge in [0.25, 0.3) is 5.91 Å². The molecule has 3 fully saturated rings. The Morgan fingerprint density at radius 2 is 1.89 bits per heavy atom. The highest BCUT2D eigenvalue weighted by atomic mass is 16.2. The third-order valence-electron chi connectivity index (χ3n) is 9.65. The van der Waals surface area contributed by atoms with Gasteiger partial charge < -0.3 is 20.4 Å². The molecule has 7 nitrogen and oxygen atoms in total. The second kappa shape index (κ2) is 10.5. The highest BCUT2D eigenvalue weighted by molar-refractivity contribution is 5.93. The topological polar surface area (TPSA) is 77.6 Å². The first-order valence-electron chi connectivity index (χ1n) is 13.5. The molecule has 0 spiro atoms. The summed E-state index contributed by atoms with van der Waals surface area (Å²) in [7, 11) is 2.11. The smallest absolute Gasteiger partial charge is 0.317 e. The van der Waals surface area contributed by atoms with Gasteiger partial charge >= 0.3 is 6.03 Å². The predicted molar refractivity (Wildman–Crippen MR) is 139 cm³/mol. The molecule has 1 aromatic heterocycles. The maximum atomic E-state index is 13.2. The molecule has 2 saturated carbocycles. The van der Waals surface area contributed by atoms with Crippen LogP contribution in [0.1, 0.15) is 70.2 Å². The van der Waals surface area contributed by atoms with Crippen LogP contribution < -0.4 is 10.6 Å². The molecule has 35 heavy (non-hydrogen) atoms. The number of aromatic nitrogens is 1. The van der Waals surface area contributed by atoms with Crippen LogP contribution in [0.3, 0.4) is 0 Å². The minimum atomic E-state index is -0.0628. The van der Waals surface area contributed by atoms with Crippen LogP contribution in [-0.2, 0) is 0 Å². The molecule has 4 rings (SSSR count). The Labute approximate surface area is 211 Å². The fraction of sp³-hybridized carbons (Fsp3) is 0.750. The Hall–Kier alpha value is -2.15. The second-order valence-corrected chi connectivity index (χ2v) is 12.2. The Bertz CT molecular complexity index is 883. The van der Waals surface area contributed by atoms with Gasteiger partial charge in [0.05, 0.1) is 5.56 Å². The molecule has 0 bridgehead atoms. The zero-order valence-electron chi connectivity index (χ0n) is 22.3. The monoisotopic (exact) mass is 483 g/mol. The van der Waals surface area contributed by atoms with Crippen molar-refractivity contribution in [2.75, 3.05) is 39.8 Å². The van der Waals surface area contributed by atoms with E-state index in [9.17, 15) is 9.59 Å². The third kappa shape index (κ3) is 5.50. The van der Waals surface area contributed by atoms with E-state index in [4.69, 9.17) is 0 Å². The van der Waals surface area contributed by atoms with Crippen LogP contribution in [0.4, 0.5) is 4.79 Å². The zero-order chi connectivity index (χ0) is 25.2. The minimum Gasteiger partial charge on any atom is -0.352 e. The van der Waals surface area contributed by atoms with Gasteiger partial charge in [0.2, 0.25) is 0 Å². The van der Waals surface area contributed by atoms with Crippen LogP contribution in [-0.4, -0.2) is 72.5 Å². The summed E-state index contributed by atoms with van der Waals surface area (Å²) in [5.41, 5.74) is 1.07. The van der Waals surface area contributed by atoms with Crippen LogP contribution in [0, 0.1) is 28.6 Å². The van der Waals surface area contributed by atoms with E-state index in [1.54, 1.807) is 24.5 Å². The van der Waals surface area contributed by atoms with E-state index >= 15 is 0 Å².